The number of carbonyl (C=O) groups excluding carboxylic acids is 1. The van der Waals surface area contributed by atoms with Crippen molar-refractivity contribution in [1.29, 1.82) is 5.26 Å². The molecule has 9 heteroatoms. The number of rotatable bonds is 5. The SMILES string of the molecule is C[C@@H](Sc1nc(-c2ccc(Cl)cc2)c(C#N)c(=O)[nH]1)C(=O)Nc1ccc(Br)cc1. The number of nitrogens with one attached hydrogen (secondary N) is 2. The molecule has 0 fully saturated rings. The Bertz CT molecular complexity index is 1140. The van der Waals surface area contributed by atoms with Gasteiger partial charge in [-0.25, -0.2) is 4.98 Å². The second-order valence-electron chi connectivity index (χ2n) is 5.97. The lowest BCUT2D eigenvalue weighted by Gasteiger charge is -2.12. The minimum Gasteiger partial charge on any atom is -0.325 e. The molecule has 0 saturated heterocycles. The molecule has 3 aromatic rings. The molecule has 1 atom stereocenters. The summed E-state index contributed by atoms with van der Waals surface area (Å²) in [6.07, 6.45) is 0. The summed E-state index contributed by atoms with van der Waals surface area (Å²) in [5.74, 6) is -0.239. The molecule has 0 bridgehead atoms. The molecule has 1 amide bonds. The molecule has 3 rings (SSSR count). The van der Waals surface area contributed by atoms with Gasteiger partial charge in [0, 0.05) is 20.7 Å². The third-order valence-corrected chi connectivity index (χ3v) is 5.66. The number of hydrogen-bond donors (Lipinski definition) is 2. The second kappa shape index (κ2) is 9.27. The van der Waals surface area contributed by atoms with Gasteiger partial charge in [-0.05, 0) is 43.3 Å². The van der Waals surface area contributed by atoms with Crippen LogP contribution in [0.5, 0.6) is 0 Å². The Morgan fingerprint density at radius 1 is 1.24 bits per heavy atom. The zero-order valence-electron chi connectivity index (χ0n) is 15.1. The van der Waals surface area contributed by atoms with Crippen molar-refractivity contribution >= 4 is 50.9 Å². The molecule has 6 nitrogen and oxygen atoms in total. The smallest absolute Gasteiger partial charge is 0.270 e. The van der Waals surface area contributed by atoms with Gasteiger partial charge >= 0.3 is 0 Å². The van der Waals surface area contributed by atoms with E-state index in [-0.39, 0.29) is 22.3 Å². The number of aromatic nitrogens is 2. The van der Waals surface area contributed by atoms with Crippen molar-refractivity contribution in [3.8, 4) is 17.3 Å². The quantitative estimate of drug-likeness (QED) is 0.394. The highest BCUT2D eigenvalue weighted by Crippen LogP contribution is 2.26. The van der Waals surface area contributed by atoms with Crippen LogP contribution in [0.4, 0.5) is 5.69 Å². The number of aromatic amines is 1. The third kappa shape index (κ3) is 5.26. The van der Waals surface area contributed by atoms with Crippen LogP contribution in [0.1, 0.15) is 12.5 Å². The van der Waals surface area contributed by atoms with Gasteiger partial charge in [0.25, 0.3) is 5.56 Å². The maximum absolute atomic E-state index is 12.5. The maximum atomic E-state index is 12.5. The summed E-state index contributed by atoms with van der Waals surface area (Å²) in [5.41, 5.74) is 0.842. The maximum Gasteiger partial charge on any atom is 0.270 e. The van der Waals surface area contributed by atoms with Gasteiger partial charge in [0.2, 0.25) is 5.91 Å². The lowest BCUT2D eigenvalue weighted by atomic mass is 10.1. The first-order valence-electron chi connectivity index (χ1n) is 8.41. The average Bonchev–Trinajstić information content (AvgIpc) is 2.70. The summed E-state index contributed by atoms with van der Waals surface area (Å²) in [4.78, 5) is 31.8. The molecule has 0 aliphatic rings. The van der Waals surface area contributed by atoms with Gasteiger partial charge in [0.15, 0.2) is 5.16 Å². The van der Waals surface area contributed by atoms with E-state index in [0.29, 0.717) is 16.3 Å². The van der Waals surface area contributed by atoms with Gasteiger partial charge < -0.3 is 10.3 Å². The van der Waals surface area contributed by atoms with Crippen molar-refractivity contribution < 1.29 is 4.79 Å². The molecule has 0 aliphatic heterocycles. The summed E-state index contributed by atoms with van der Waals surface area (Å²) in [5, 5.41) is 12.4. The molecule has 0 saturated carbocycles. The highest BCUT2D eigenvalue weighted by Gasteiger charge is 2.19. The number of H-pyrrole nitrogens is 1. The largest absolute Gasteiger partial charge is 0.325 e. The van der Waals surface area contributed by atoms with Crippen LogP contribution in [0.15, 0.2) is 63.0 Å². The normalized spacial score (nSPS) is 11.5. The van der Waals surface area contributed by atoms with E-state index in [1.54, 1.807) is 43.3 Å². The first-order chi connectivity index (χ1) is 13.9. The monoisotopic (exact) mass is 488 g/mol. The molecule has 1 heterocycles. The van der Waals surface area contributed by atoms with Crippen molar-refractivity contribution in [1.82, 2.24) is 9.97 Å². The van der Waals surface area contributed by atoms with E-state index < -0.39 is 10.8 Å². The average molecular weight is 490 g/mol. The number of nitriles is 1. The highest BCUT2D eigenvalue weighted by molar-refractivity contribution is 9.10. The Balaban J connectivity index is 1.84. The van der Waals surface area contributed by atoms with Crippen LogP contribution >= 0.6 is 39.3 Å². The van der Waals surface area contributed by atoms with E-state index in [2.05, 4.69) is 31.2 Å². The fourth-order valence-corrected chi connectivity index (χ4v) is 3.61. The standard InChI is InChI=1S/C20H14BrClN4O2S/c1-11(18(27)24-15-8-4-13(21)5-9-15)29-20-25-17(16(10-23)19(28)26-20)12-2-6-14(22)7-3-12/h2-9,11H,1H3,(H,24,27)(H,25,26,28)/t11-/m1/s1. The van der Waals surface area contributed by atoms with Gasteiger partial charge in [0.1, 0.15) is 11.6 Å². The van der Waals surface area contributed by atoms with Gasteiger partial charge in [-0.3, -0.25) is 9.59 Å². The minimum absolute atomic E-state index is 0.0939. The summed E-state index contributed by atoms with van der Waals surface area (Å²) >= 11 is 10.3. The predicted molar refractivity (Wildman–Crippen MR) is 118 cm³/mol. The fourth-order valence-electron chi connectivity index (χ4n) is 2.43. The number of carbonyl (C=O) groups is 1. The van der Waals surface area contributed by atoms with Crippen LogP contribution in [-0.4, -0.2) is 21.1 Å². The Morgan fingerprint density at radius 2 is 1.90 bits per heavy atom. The number of hydrogen-bond acceptors (Lipinski definition) is 5. The van der Waals surface area contributed by atoms with Gasteiger partial charge in [-0.2, -0.15) is 5.26 Å². The fraction of sp³-hybridized carbons (Fsp3) is 0.100. The van der Waals surface area contributed by atoms with Crippen molar-refractivity contribution in [2.75, 3.05) is 5.32 Å². The molecule has 2 N–H and O–H groups in total. The first kappa shape index (κ1) is 21.1. The molecular formula is C20H14BrClN4O2S. The molecule has 0 unspecified atom stereocenters. The van der Waals surface area contributed by atoms with Crippen molar-refractivity contribution in [3.63, 3.8) is 0 Å². The molecule has 29 heavy (non-hydrogen) atoms. The Kier molecular flexibility index (Phi) is 6.75. The Morgan fingerprint density at radius 3 is 2.52 bits per heavy atom. The van der Waals surface area contributed by atoms with Crippen LogP contribution in [-0.2, 0) is 4.79 Å². The third-order valence-electron chi connectivity index (χ3n) is 3.90. The lowest BCUT2D eigenvalue weighted by Crippen LogP contribution is -2.23. The van der Waals surface area contributed by atoms with E-state index in [0.717, 1.165) is 16.2 Å². The minimum atomic E-state index is -0.560. The summed E-state index contributed by atoms with van der Waals surface area (Å²) < 4.78 is 0.909. The van der Waals surface area contributed by atoms with E-state index in [1.165, 1.54) is 0 Å². The zero-order chi connectivity index (χ0) is 21.0. The summed E-state index contributed by atoms with van der Waals surface area (Å²) in [7, 11) is 0. The van der Waals surface area contributed by atoms with Gasteiger partial charge in [-0.15, -0.1) is 0 Å². The van der Waals surface area contributed by atoms with Crippen LogP contribution in [0.3, 0.4) is 0 Å². The predicted octanol–water partition coefficient (Wildman–Crippen LogP) is 4.84. The van der Waals surface area contributed by atoms with Crippen molar-refractivity contribution in [2.24, 2.45) is 0 Å². The number of anilines is 1. The first-order valence-corrected chi connectivity index (χ1v) is 10.5. The number of nitrogens with zero attached hydrogens (tertiary/aromatic N) is 2. The number of halogens is 2. The van der Waals surface area contributed by atoms with Crippen LogP contribution in [0.2, 0.25) is 5.02 Å². The van der Waals surface area contributed by atoms with Gasteiger partial charge in [-0.1, -0.05) is 51.4 Å². The van der Waals surface area contributed by atoms with Crippen LogP contribution in [0.25, 0.3) is 11.3 Å². The van der Waals surface area contributed by atoms with Crippen molar-refractivity contribution in [2.45, 2.75) is 17.3 Å². The number of amides is 1. The van der Waals surface area contributed by atoms with Crippen LogP contribution in [0, 0.1) is 11.3 Å². The van der Waals surface area contributed by atoms with E-state index in [4.69, 9.17) is 11.6 Å². The Hall–Kier alpha value is -2.60. The van der Waals surface area contributed by atoms with Crippen molar-refractivity contribution in [3.05, 3.63) is 73.9 Å². The van der Waals surface area contributed by atoms with E-state index in [1.807, 2.05) is 18.2 Å². The number of benzene rings is 2. The molecule has 1 aromatic heterocycles. The summed E-state index contributed by atoms with van der Waals surface area (Å²) in [6, 6.07) is 15.8. The lowest BCUT2D eigenvalue weighted by molar-refractivity contribution is -0.115. The van der Waals surface area contributed by atoms with Crippen LogP contribution < -0.4 is 10.9 Å². The molecule has 0 radical (unpaired) electrons. The zero-order valence-corrected chi connectivity index (χ0v) is 18.2. The molecule has 0 aliphatic carbocycles. The molecular weight excluding hydrogens is 476 g/mol. The summed E-state index contributed by atoms with van der Waals surface area (Å²) in [6.45, 7) is 1.71. The highest BCUT2D eigenvalue weighted by atomic mass is 79.9. The molecule has 0 spiro atoms. The van der Waals surface area contributed by atoms with E-state index >= 15 is 0 Å². The molecule has 146 valence electrons. The number of thioether (sulfide) groups is 1. The van der Waals surface area contributed by atoms with Gasteiger partial charge in [0.05, 0.1) is 10.9 Å². The van der Waals surface area contributed by atoms with E-state index in [9.17, 15) is 14.9 Å². The second-order valence-corrected chi connectivity index (χ2v) is 8.65. The Labute approximate surface area is 184 Å². The molecule has 2 aromatic carbocycles. The topological polar surface area (TPSA) is 98.6 Å².